The number of anilines is 8. The lowest BCUT2D eigenvalue weighted by atomic mass is 9.33. The third-order valence-electron chi connectivity index (χ3n) is 17.0. The van der Waals surface area contributed by atoms with Gasteiger partial charge in [0.15, 0.2) is 0 Å². The van der Waals surface area contributed by atoms with Crippen molar-refractivity contribution in [3.63, 3.8) is 0 Å². The third-order valence-corrected chi connectivity index (χ3v) is 17.0. The Morgan fingerprint density at radius 3 is 1.66 bits per heavy atom. The Bertz CT molecular complexity index is 3290. The van der Waals surface area contributed by atoms with Gasteiger partial charge in [0.2, 0.25) is 0 Å². The molecule has 1 fully saturated rings. The van der Waals surface area contributed by atoms with E-state index in [1.54, 1.807) is 0 Å². The van der Waals surface area contributed by atoms with Crippen molar-refractivity contribution < 1.29 is 0 Å². The summed E-state index contributed by atoms with van der Waals surface area (Å²) < 4.78 is 0. The summed E-state index contributed by atoms with van der Waals surface area (Å²) in [6.45, 7) is 19.2. The molecule has 3 nitrogen and oxygen atoms in total. The van der Waals surface area contributed by atoms with Crippen molar-refractivity contribution in [2.75, 3.05) is 14.7 Å². The fourth-order valence-corrected chi connectivity index (χ4v) is 13.0. The molecule has 0 saturated heterocycles. The van der Waals surface area contributed by atoms with Crippen LogP contribution in [0.1, 0.15) is 111 Å². The molecule has 348 valence electrons. The highest BCUT2D eigenvalue weighted by Gasteiger charge is 2.57. The topological polar surface area (TPSA) is 9.72 Å². The molecule has 0 amide bonds. The second-order valence-corrected chi connectivity index (χ2v) is 23.3. The van der Waals surface area contributed by atoms with Crippen molar-refractivity contribution >= 4 is 68.6 Å². The molecule has 1 aliphatic carbocycles. The molecule has 4 aliphatic rings. The van der Waals surface area contributed by atoms with E-state index in [4.69, 9.17) is 0 Å². The number of rotatable bonds is 5. The maximum atomic E-state index is 2.81. The fourth-order valence-electron chi connectivity index (χ4n) is 13.0. The van der Waals surface area contributed by atoms with Crippen LogP contribution in [0, 0.1) is 0 Å². The Hall–Kier alpha value is -6.78. The lowest BCUT2D eigenvalue weighted by molar-refractivity contribution is 0.218. The monoisotopic (exact) mass is 912 g/mol. The highest BCUT2D eigenvalue weighted by Crippen LogP contribution is 2.60. The predicted molar refractivity (Wildman–Crippen MR) is 301 cm³/mol. The zero-order chi connectivity index (χ0) is 48.2. The van der Waals surface area contributed by atoms with Gasteiger partial charge in [-0.25, -0.2) is 0 Å². The van der Waals surface area contributed by atoms with E-state index in [1.807, 2.05) is 0 Å². The molecule has 4 heteroatoms. The van der Waals surface area contributed by atoms with Crippen LogP contribution in [0.15, 0.2) is 182 Å². The first-order valence-corrected chi connectivity index (χ1v) is 26.0. The first-order chi connectivity index (χ1) is 33.7. The molecule has 0 aromatic heterocycles. The Morgan fingerprint density at radius 1 is 0.400 bits per heavy atom. The van der Waals surface area contributed by atoms with Gasteiger partial charge in [-0.1, -0.05) is 202 Å². The largest absolute Gasteiger partial charge is 0.334 e. The number of nitrogens with zero attached hydrogens (tertiary/aromatic N) is 3. The Kier molecular flexibility index (Phi) is 10.4. The van der Waals surface area contributed by atoms with E-state index >= 15 is 0 Å². The number of benzene rings is 8. The van der Waals surface area contributed by atoms with Crippen molar-refractivity contribution in [3.8, 4) is 22.3 Å². The van der Waals surface area contributed by atoms with Crippen molar-refractivity contribution in [1.82, 2.24) is 0 Å². The van der Waals surface area contributed by atoms with Gasteiger partial charge in [-0.2, -0.15) is 0 Å². The van der Waals surface area contributed by atoms with Gasteiger partial charge in [0.1, 0.15) is 0 Å². The van der Waals surface area contributed by atoms with Gasteiger partial charge in [-0.15, -0.1) is 0 Å². The molecule has 2 atom stereocenters. The van der Waals surface area contributed by atoms with E-state index in [1.165, 1.54) is 127 Å². The summed E-state index contributed by atoms with van der Waals surface area (Å²) in [5, 5.41) is 0. The number of hydrogen-bond acceptors (Lipinski definition) is 3. The maximum Gasteiger partial charge on any atom is 0.252 e. The maximum absolute atomic E-state index is 2.81. The smallest absolute Gasteiger partial charge is 0.252 e. The minimum atomic E-state index is -0.143. The van der Waals surface area contributed by atoms with Gasteiger partial charge in [0, 0.05) is 50.9 Å². The molecule has 0 N–H and O–H groups in total. The van der Waals surface area contributed by atoms with Crippen molar-refractivity contribution in [2.45, 2.75) is 116 Å². The molecular formula is C66H66BN3. The highest BCUT2D eigenvalue weighted by molar-refractivity contribution is 7.00. The quantitative estimate of drug-likeness (QED) is 0.159. The van der Waals surface area contributed by atoms with E-state index in [9.17, 15) is 0 Å². The standard InChI is InChI=1S/C66H66BN3/c1-63(2,3)49-31-34-51(35-32-49)68-58-37-33-50(64(4,5)6)42-56(58)67-55-36-30-48(46-24-15-12-16-25-46)41-59(55)69(52-27-21-26-47(40-52)45-22-13-11-14-23-45)61-44-53(43-60(68)62(61)67)70-57-29-18-17-28-54(57)65(7)38-19-9-10-20-39-66(65,70)8/h11-18,21-37,40-44H,9-10,19-20,38-39H2,1-8H3. The van der Waals surface area contributed by atoms with Crippen molar-refractivity contribution in [3.05, 3.63) is 199 Å². The molecule has 0 radical (unpaired) electrons. The van der Waals surface area contributed by atoms with Gasteiger partial charge >= 0.3 is 0 Å². The molecule has 1 saturated carbocycles. The predicted octanol–water partition coefficient (Wildman–Crippen LogP) is 16.2. The van der Waals surface area contributed by atoms with Gasteiger partial charge in [0.25, 0.3) is 6.71 Å². The van der Waals surface area contributed by atoms with Crippen molar-refractivity contribution in [2.24, 2.45) is 0 Å². The number of hydrogen-bond donors (Lipinski definition) is 0. The summed E-state index contributed by atoms with van der Waals surface area (Å²) in [4.78, 5) is 8.07. The first-order valence-electron chi connectivity index (χ1n) is 26.0. The van der Waals surface area contributed by atoms with E-state index < -0.39 is 0 Å². The van der Waals surface area contributed by atoms with Gasteiger partial charge < -0.3 is 14.7 Å². The molecular weight excluding hydrogens is 846 g/mol. The zero-order valence-electron chi connectivity index (χ0n) is 42.5. The molecule has 8 aromatic rings. The van der Waals surface area contributed by atoms with Crippen LogP contribution >= 0.6 is 0 Å². The van der Waals surface area contributed by atoms with Crippen LogP contribution in [-0.4, -0.2) is 12.3 Å². The summed E-state index contributed by atoms with van der Waals surface area (Å²) in [7, 11) is 0. The lowest BCUT2D eigenvalue weighted by Crippen LogP contribution is -2.61. The minimum Gasteiger partial charge on any atom is -0.334 e. The summed E-state index contributed by atoms with van der Waals surface area (Å²) in [5.41, 5.74) is 22.8. The molecule has 0 spiro atoms. The molecule has 2 unspecified atom stereocenters. The Balaban J connectivity index is 1.20. The number of para-hydroxylation sites is 1. The fraction of sp³-hybridized carbons (Fsp3) is 0.273. The van der Waals surface area contributed by atoms with E-state index in [-0.39, 0.29) is 28.5 Å². The minimum absolute atomic E-state index is 0.0112. The van der Waals surface area contributed by atoms with Crippen LogP contribution in [0.4, 0.5) is 45.5 Å². The molecule has 0 bridgehead atoms. The summed E-state index contributed by atoms with van der Waals surface area (Å²) in [6, 6.07) is 69.9. The SMILES string of the molecule is CC(C)(C)c1ccc(N2c3ccc(C(C)(C)C)cc3B3c4ccc(-c5ccccc5)cc4N(c4cccc(-c5ccccc5)c4)c4cc(N5c6ccccc6C6(C)CCCCCCC56C)cc2c43)cc1. The van der Waals surface area contributed by atoms with E-state index in [2.05, 4.69) is 252 Å². The summed E-state index contributed by atoms with van der Waals surface area (Å²) >= 11 is 0. The van der Waals surface area contributed by atoms with Gasteiger partial charge in [0.05, 0.1) is 5.54 Å². The second kappa shape index (κ2) is 16.4. The van der Waals surface area contributed by atoms with Crippen LogP contribution in [0.5, 0.6) is 0 Å². The van der Waals surface area contributed by atoms with Crippen LogP contribution < -0.4 is 31.1 Å². The van der Waals surface area contributed by atoms with Gasteiger partial charge in [-0.05, 0) is 141 Å². The second-order valence-electron chi connectivity index (χ2n) is 23.3. The van der Waals surface area contributed by atoms with Crippen LogP contribution in [-0.2, 0) is 16.2 Å². The molecule has 70 heavy (non-hydrogen) atoms. The number of fused-ring (bicyclic) bond motifs is 7. The first kappa shape index (κ1) is 44.4. The normalized spacial score (nSPS) is 19.4. The van der Waals surface area contributed by atoms with E-state index in [0.717, 1.165) is 12.1 Å². The molecule has 8 aromatic carbocycles. The van der Waals surface area contributed by atoms with E-state index in [0.29, 0.717) is 0 Å². The third kappa shape index (κ3) is 6.99. The highest BCUT2D eigenvalue weighted by atomic mass is 15.3. The summed E-state index contributed by atoms with van der Waals surface area (Å²) in [6.07, 6.45) is 7.38. The van der Waals surface area contributed by atoms with Crippen LogP contribution in [0.25, 0.3) is 22.3 Å². The molecule has 12 rings (SSSR count). The Labute approximate surface area is 417 Å². The summed E-state index contributed by atoms with van der Waals surface area (Å²) in [5.74, 6) is 0. The van der Waals surface area contributed by atoms with Crippen LogP contribution in [0.3, 0.4) is 0 Å². The average molecular weight is 912 g/mol. The lowest BCUT2D eigenvalue weighted by Gasteiger charge is -2.50. The van der Waals surface area contributed by atoms with Crippen LogP contribution in [0.2, 0.25) is 0 Å². The average Bonchev–Trinajstić information content (AvgIpc) is 3.55. The Morgan fingerprint density at radius 2 is 0.986 bits per heavy atom. The molecule has 3 aliphatic heterocycles. The van der Waals surface area contributed by atoms with Crippen molar-refractivity contribution in [1.29, 1.82) is 0 Å². The molecule has 3 heterocycles. The zero-order valence-corrected chi connectivity index (χ0v) is 42.5. The van der Waals surface area contributed by atoms with Gasteiger partial charge in [-0.3, -0.25) is 0 Å².